The van der Waals surface area contributed by atoms with Crippen LogP contribution in [0.1, 0.15) is 47.5 Å². The van der Waals surface area contributed by atoms with Crippen molar-refractivity contribution in [3.8, 4) is 0 Å². The molecule has 0 rings (SSSR count). The van der Waals surface area contributed by atoms with Gasteiger partial charge in [-0.2, -0.15) is 0 Å². The Balaban J connectivity index is 0. The molecule has 0 aromatic rings. The van der Waals surface area contributed by atoms with Gasteiger partial charge < -0.3 is 0 Å². The Hall–Kier alpha value is -0.260. The predicted octanol–water partition coefficient (Wildman–Crippen LogP) is 4.27. The van der Waals surface area contributed by atoms with E-state index < -0.39 is 0 Å². The zero-order valence-electron chi connectivity index (χ0n) is 8.85. The zero-order valence-corrected chi connectivity index (χ0v) is 8.85. The first-order valence-electron chi connectivity index (χ1n) is 4.83. The number of allylic oxidation sites excluding steroid dienone is 1. The third kappa shape index (κ3) is 9.74. The fraction of sp³-hybridized carbons (Fsp3) is 0.818. The zero-order chi connectivity index (χ0) is 9.28. The second-order valence-electron chi connectivity index (χ2n) is 3.03. The van der Waals surface area contributed by atoms with Crippen LogP contribution >= 0.6 is 0 Å². The Morgan fingerprint density at radius 1 is 1.27 bits per heavy atom. The molecule has 0 radical (unpaired) electrons. The second-order valence-corrected chi connectivity index (χ2v) is 3.03. The third-order valence-corrected chi connectivity index (χ3v) is 1.63. The van der Waals surface area contributed by atoms with Crippen molar-refractivity contribution in [2.24, 2.45) is 11.8 Å². The molecule has 0 heteroatoms. The molecule has 0 aromatic heterocycles. The molecule has 0 N–H and O–H groups in total. The normalized spacial score (nSPS) is 11.8. The lowest BCUT2D eigenvalue weighted by Crippen LogP contribution is -1.98. The standard InChI is InChI=1S/C9H18.C2H6/c1-5-9(6-2)7-8(3)4;1-2/h5,8-9H,1,6-7H2,2-4H3;1-2H3. The molecule has 0 aliphatic carbocycles. The van der Waals surface area contributed by atoms with Crippen molar-refractivity contribution in [1.82, 2.24) is 0 Å². The van der Waals surface area contributed by atoms with E-state index in [0.717, 1.165) is 11.8 Å². The van der Waals surface area contributed by atoms with Gasteiger partial charge in [-0.3, -0.25) is 0 Å². The molecule has 11 heavy (non-hydrogen) atoms. The number of hydrogen-bond donors (Lipinski definition) is 0. The molecule has 0 amide bonds. The lowest BCUT2D eigenvalue weighted by atomic mass is 9.95. The first kappa shape index (κ1) is 13.3. The van der Waals surface area contributed by atoms with E-state index in [9.17, 15) is 0 Å². The Morgan fingerprint density at radius 3 is 1.82 bits per heavy atom. The summed E-state index contributed by atoms with van der Waals surface area (Å²) in [5.41, 5.74) is 0. The van der Waals surface area contributed by atoms with Crippen LogP contribution in [0, 0.1) is 11.8 Å². The van der Waals surface area contributed by atoms with Gasteiger partial charge in [-0.15, -0.1) is 6.58 Å². The molecule has 0 nitrogen and oxygen atoms in total. The molecule has 0 heterocycles. The van der Waals surface area contributed by atoms with Crippen molar-refractivity contribution in [2.75, 3.05) is 0 Å². The predicted molar refractivity (Wildman–Crippen MR) is 54.8 cm³/mol. The minimum absolute atomic E-state index is 0.741. The van der Waals surface area contributed by atoms with Crippen LogP contribution in [-0.2, 0) is 0 Å². The molecule has 1 unspecified atom stereocenters. The summed E-state index contributed by atoms with van der Waals surface area (Å²) in [6.07, 6.45) is 4.60. The van der Waals surface area contributed by atoms with Crippen molar-refractivity contribution in [2.45, 2.75) is 47.5 Å². The van der Waals surface area contributed by atoms with E-state index in [-0.39, 0.29) is 0 Å². The lowest BCUT2D eigenvalue weighted by Gasteiger charge is -2.11. The average Bonchev–Trinajstić information content (AvgIpc) is 2.03. The van der Waals surface area contributed by atoms with Crippen LogP contribution < -0.4 is 0 Å². The largest absolute Gasteiger partial charge is 0.103 e. The molecule has 0 spiro atoms. The minimum Gasteiger partial charge on any atom is -0.103 e. The highest BCUT2D eigenvalue weighted by Crippen LogP contribution is 2.14. The van der Waals surface area contributed by atoms with Crippen LogP contribution in [0.3, 0.4) is 0 Å². The van der Waals surface area contributed by atoms with Gasteiger partial charge in [0, 0.05) is 0 Å². The monoisotopic (exact) mass is 156 g/mol. The fourth-order valence-electron chi connectivity index (χ4n) is 1.04. The molecule has 68 valence electrons. The Kier molecular flexibility index (Phi) is 11.8. The smallest absolute Gasteiger partial charge is 0.0236 e. The summed E-state index contributed by atoms with van der Waals surface area (Å²) < 4.78 is 0. The first-order chi connectivity index (χ1) is 5.20. The van der Waals surface area contributed by atoms with Crippen LogP contribution in [0.25, 0.3) is 0 Å². The summed E-state index contributed by atoms with van der Waals surface area (Å²) in [5.74, 6) is 1.55. The SMILES string of the molecule is C=CC(CC)CC(C)C.CC. The van der Waals surface area contributed by atoms with Crippen molar-refractivity contribution in [1.29, 1.82) is 0 Å². The summed E-state index contributed by atoms with van der Waals surface area (Å²) in [5, 5.41) is 0. The number of rotatable bonds is 4. The van der Waals surface area contributed by atoms with Crippen molar-refractivity contribution in [3.05, 3.63) is 12.7 Å². The van der Waals surface area contributed by atoms with Gasteiger partial charge in [0.2, 0.25) is 0 Å². The highest BCUT2D eigenvalue weighted by molar-refractivity contribution is 4.78. The van der Waals surface area contributed by atoms with Crippen LogP contribution in [0.15, 0.2) is 12.7 Å². The van der Waals surface area contributed by atoms with Gasteiger partial charge in [-0.1, -0.05) is 40.7 Å². The van der Waals surface area contributed by atoms with E-state index in [1.54, 1.807) is 0 Å². The van der Waals surface area contributed by atoms with Crippen molar-refractivity contribution in [3.63, 3.8) is 0 Å². The topological polar surface area (TPSA) is 0 Å². The van der Waals surface area contributed by atoms with E-state index in [4.69, 9.17) is 0 Å². The molecule has 0 aliphatic rings. The first-order valence-corrected chi connectivity index (χ1v) is 4.83. The molecule has 0 aliphatic heterocycles. The van der Waals surface area contributed by atoms with E-state index in [1.165, 1.54) is 12.8 Å². The quantitative estimate of drug-likeness (QED) is 0.533. The van der Waals surface area contributed by atoms with Gasteiger partial charge in [-0.25, -0.2) is 0 Å². The molecule has 0 saturated carbocycles. The van der Waals surface area contributed by atoms with Crippen LogP contribution in [0.5, 0.6) is 0 Å². The maximum atomic E-state index is 3.78. The van der Waals surface area contributed by atoms with E-state index in [1.807, 2.05) is 13.8 Å². The molecule has 0 saturated heterocycles. The summed E-state index contributed by atoms with van der Waals surface area (Å²) in [6, 6.07) is 0. The fourth-order valence-corrected chi connectivity index (χ4v) is 1.04. The maximum Gasteiger partial charge on any atom is -0.0236 e. The maximum absolute atomic E-state index is 3.78. The Bertz CT molecular complexity index is 72.1. The highest BCUT2D eigenvalue weighted by atomic mass is 14.1. The molecule has 0 aromatic carbocycles. The summed E-state index contributed by atoms with van der Waals surface area (Å²) >= 11 is 0. The molecule has 0 fully saturated rings. The minimum atomic E-state index is 0.741. The Morgan fingerprint density at radius 2 is 1.73 bits per heavy atom. The molecule has 1 atom stereocenters. The van der Waals surface area contributed by atoms with E-state index >= 15 is 0 Å². The van der Waals surface area contributed by atoms with Crippen molar-refractivity contribution >= 4 is 0 Å². The van der Waals surface area contributed by atoms with Gasteiger partial charge in [0.1, 0.15) is 0 Å². The average molecular weight is 156 g/mol. The summed E-state index contributed by atoms with van der Waals surface area (Å²) in [7, 11) is 0. The third-order valence-electron chi connectivity index (χ3n) is 1.63. The van der Waals surface area contributed by atoms with Crippen molar-refractivity contribution < 1.29 is 0 Å². The second kappa shape index (κ2) is 9.74. The van der Waals surface area contributed by atoms with Gasteiger partial charge in [0.25, 0.3) is 0 Å². The van der Waals surface area contributed by atoms with Gasteiger partial charge in [0.05, 0.1) is 0 Å². The van der Waals surface area contributed by atoms with Gasteiger partial charge in [0.15, 0.2) is 0 Å². The molecule has 0 bridgehead atoms. The van der Waals surface area contributed by atoms with E-state index in [0.29, 0.717) is 0 Å². The van der Waals surface area contributed by atoms with Crippen LogP contribution in [0.4, 0.5) is 0 Å². The van der Waals surface area contributed by atoms with E-state index in [2.05, 4.69) is 33.4 Å². The summed E-state index contributed by atoms with van der Waals surface area (Å²) in [6.45, 7) is 14.5. The lowest BCUT2D eigenvalue weighted by molar-refractivity contribution is 0.466. The summed E-state index contributed by atoms with van der Waals surface area (Å²) in [4.78, 5) is 0. The van der Waals surface area contributed by atoms with Gasteiger partial charge in [-0.05, 0) is 24.7 Å². The number of hydrogen-bond acceptors (Lipinski definition) is 0. The molecular weight excluding hydrogens is 132 g/mol. The highest BCUT2D eigenvalue weighted by Gasteiger charge is 2.02. The molecular formula is C11H24. The Labute approximate surface area is 72.7 Å². The van der Waals surface area contributed by atoms with Gasteiger partial charge >= 0.3 is 0 Å². The van der Waals surface area contributed by atoms with Crippen LogP contribution in [-0.4, -0.2) is 0 Å². The van der Waals surface area contributed by atoms with Crippen LogP contribution in [0.2, 0.25) is 0 Å².